The Balaban J connectivity index is 2.37. The van der Waals surface area contributed by atoms with Gasteiger partial charge in [-0.05, 0) is 38.5 Å². The van der Waals surface area contributed by atoms with E-state index in [0.29, 0.717) is 11.5 Å². The zero-order chi connectivity index (χ0) is 12.2. The summed E-state index contributed by atoms with van der Waals surface area (Å²) in [6, 6.07) is 0.543. The van der Waals surface area contributed by atoms with Gasteiger partial charge in [0.1, 0.15) is 0 Å². The maximum Gasteiger partial charge on any atom is 0.0526 e. The largest absolute Gasteiger partial charge is 0.393 e. The topological polar surface area (TPSA) is 23.5 Å². The lowest BCUT2D eigenvalue weighted by Gasteiger charge is -2.53. The van der Waals surface area contributed by atoms with Crippen molar-refractivity contribution in [3.05, 3.63) is 0 Å². The summed E-state index contributed by atoms with van der Waals surface area (Å²) in [6.07, 6.45) is 6.10. The summed E-state index contributed by atoms with van der Waals surface area (Å²) in [7, 11) is 0. The van der Waals surface area contributed by atoms with E-state index in [9.17, 15) is 5.11 Å². The van der Waals surface area contributed by atoms with Crippen molar-refractivity contribution in [3.63, 3.8) is 0 Å². The Morgan fingerprint density at radius 3 is 2.00 bits per heavy atom. The Kier molecular flexibility index (Phi) is 5.26. The van der Waals surface area contributed by atoms with E-state index >= 15 is 0 Å². The number of aliphatic hydroxyl groups is 1. The molecule has 0 aliphatic carbocycles. The fraction of sp³-hybridized carbons (Fsp3) is 1.00. The Labute approximate surface area is 101 Å². The molecule has 1 saturated heterocycles. The molecule has 0 amide bonds. The number of hydrogen-bond acceptors (Lipinski definition) is 2. The first-order valence-electron chi connectivity index (χ1n) is 6.95. The minimum absolute atomic E-state index is 0.164. The number of rotatable bonds is 7. The molecule has 1 N–H and O–H groups in total. The van der Waals surface area contributed by atoms with E-state index in [1.807, 2.05) is 6.92 Å². The minimum atomic E-state index is -0.164. The van der Waals surface area contributed by atoms with Crippen LogP contribution in [0.25, 0.3) is 0 Å². The number of aliphatic hydroxyl groups excluding tert-OH is 1. The lowest BCUT2D eigenvalue weighted by atomic mass is 9.72. The molecule has 16 heavy (non-hydrogen) atoms. The second-order valence-electron chi connectivity index (χ2n) is 5.84. The van der Waals surface area contributed by atoms with Gasteiger partial charge in [0.15, 0.2) is 0 Å². The summed E-state index contributed by atoms with van der Waals surface area (Å²) < 4.78 is 0. The summed E-state index contributed by atoms with van der Waals surface area (Å²) in [5.41, 5.74) is 0.608. The van der Waals surface area contributed by atoms with Crippen LogP contribution >= 0.6 is 0 Å². The van der Waals surface area contributed by atoms with Crippen molar-refractivity contribution in [2.45, 2.75) is 71.9 Å². The zero-order valence-electron chi connectivity index (χ0n) is 11.5. The van der Waals surface area contributed by atoms with Crippen LogP contribution in [-0.2, 0) is 0 Å². The van der Waals surface area contributed by atoms with Crippen molar-refractivity contribution < 1.29 is 5.11 Å². The van der Waals surface area contributed by atoms with E-state index in [1.165, 1.54) is 38.8 Å². The van der Waals surface area contributed by atoms with Gasteiger partial charge in [0.05, 0.1) is 6.10 Å². The monoisotopic (exact) mass is 227 g/mol. The van der Waals surface area contributed by atoms with Crippen LogP contribution in [0.4, 0.5) is 0 Å². The van der Waals surface area contributed by atoms with E-state index in [2.05, 4.69) is 25.7 Å². The van der Waals surface area contributed by atoms with Crippen LogP contribution in [0, 0.1) is 5.41 Å². The van der Waals surface area contributed by atoms with Crippen molar-refractivity contribution in [1.29, 1.82) is 0 Å². The fourth-order valence-electron chi connectivity index (χ4n) is 3.27. The molecule has 1 aliphatic heterocycles. The summed E-state index contributed by atoms with van der Waals surface area (Å²) in [4.78, 5) is 2.54. The molecule has 1 fully saturated rings. The van der Waals surface area contributed by atoms with Gasteiger partial charge in [0.2, 0.25) is 0 Å². The molecule has 0 aromatic heterocycles. The molecular formula is C14H29NO. The molecule has 0 saturated carbocycles. The van der Waals surface area contributed by atoms with Gasteiger partial charge in [-0.1, -0.05) is 26.7 Å². The molecular weight excluding hydrogens is 198 g/mol. The molecule has 1 rings (SSSR count). The maximum absolute atomic E-state index is 9.40. The molecule has 2 atom stereocenters. The molecule has 2 heteroatoms. The Morgan fingerprint density at radius 2 is 1.62 bits per heavy atom. The Morgan fingerprint density at radius 1 is 1.12 bits per heavy atom. The van der Waals surface area contributed by atoms with E-state index < -0.39 is 0 Å². The molecule has 1 heterocycles. The second kappa shape index (κ2) is 6.02. The summed E-state index contributed by atoms with van der Waals surface area (Å²) >= 11 is 0. The van der Waals surface area contributed by atoms with Crippen molar-refractivity contribution in [2.24, 2.45) is 5.41 Å². The van der Waals surface area contributed by atoms with Crippen molar-refractivity contribution >= 4 is 0 Å². The minimum Gasteiger partial charge on any atom is -0.393 e. The first-order valence-corrected chi connectivity index (χ1v) is 6.95. The van der Waals surface area contributed by atoms with Crippen LogP contribution in [0.15, 0.2) is 0 Å². The Hall–Kier alpha value is -0.0800. The quantitative estimate of drug-likeness (QED) is 0.722. The molecule has 2 nitrogen and oxygen atoms in total. The third kappa shape index (κ3) is 3.46. The highest BCUT2D eigenvalue weighted by atomic mass is 16.3. The highest BCUT2D eigenvalue weighted by molar-refractivity contribution is 4.96. The lowest BCUT2D eigenvalue weighted by Crippen LogP contribution is -2.59. The van der Waals surface area contributed by atoms with Crippen LogP contribution in [0.5, 0.6) is 0 Å². The Bertz CT molecular complexity index is 189. The highest BCUT2D eigenvalue weighted by Gasteiger charge is 2.42. The van der Waals surface area contributed by atoms with Gasteiger partial charge in [-0.25, -0.2) is 0 Å². The molecule has 0 spiro atoms. The standard InChI is InChI=1S/C14H29NO/c1-5-7-14(8-6-2)10-15(11-14)12(3)9-13(4)16/h12-13,16H,5-11H2,1-4H3. The third-order valence-electron chi connectivity index (χ3n) is 3.94. The van der Waals surface area contributed by atoms with Crippen LogP contribution < -0.4 is 0 Å². The van der Waals surface area contributed by atoms with E-state index in [1.54, 1.807) is 0 Å². The molecule has 96 valence electrons. The van der Waals surface area contributed by atoms with Gasteiger partial charge in [-0.15, -0.1) is 0 Å². The third-order valence-corrected chi connectivity index (χ3v) is 3.94. The van der Waals surface area contributed by atoms with E-state index in [0.717, 1.165) is 6.42 Å². The van der Waals surface area contributed by atoms with E-state index in [-0.39, 0.29) is 6.10 Å². The first kappa shape index (κ1) is 14.0. The number of hydrogen-bond donors (Lipinski definition) is 1. The SMILES string of the molecule is CCCC1(CCC)CN(C(C)CC(C)O)C1. The molecule has 0 aromatic carbocycles. The molecule has 1 aliphatic rings. The van der Waals surface area contributed by atoms with Gasteiger partial charge < -0.3 is 5.11 Å². The molecule has 0 radical (unpaired) electrons. The predicted molar refractivity (Wildman–Crippen MR) is 69.6 cm³/mol. The van der Waals surface area contributed by atoms with E-state index in [4.69, 9.17) is 0 Å². The van der Waals surface area contributed by atoms with Gasteiger partial charge >= 0.3 is 0 Å². The zero-order valence-corrected chi connectivity index (χ0v) is 11.5. The summed E-state index contributed by atoms with van der Waals surface area (Å²) in [5, 5.41) is 9.40. The van der Waals surface area contributed by atoms with Crippen molar-refractivity contribution in [2.75, 3.05) is 13.1 Å². The van der Waals surface area contributed by atoms with Crippen LogP contribution in [0.2, 0.25) is 0 Å². The van der Waals surface area contributed by atoms with Gasteiger partial charge in [-0.2, -0.15) is 0 Å². The first-order chi connectivity index (χ1) is 7.53. The smallest absolute Gasteiger partial charge is 0.0526 e. The average molecular weight is 227 g/mol. The molecule has 0 aromatic rings. The summed E-state index contributed by atoms with van der Waals surface area (Å²) in [5.74, 6) is 0. The number of nitrogens with zero attached hydrogens (tertiary/aromatic N) is 1. The molecule has 2 unspecified atom stereocenters. The van der Waals surface area contributed by atoms with Crippen LogP contribution in [0.3, 0.4) is 0 Å². The second-order valence-corrected chi connectivity index (χ2v) is 5.84. The van der Waals surface area contributed by atoms with Crippen LogP contribution in [-0.4, -0.2) is 35.2 Å². The van der Waals surface area contributed by atoms with Crippen LogP contribution in [0.1, 0.15) is 59.8 Å². The number of likely N-dealkylation sites (tertiary alicyclic amines) is 1. The fourth-order valence-corrected chi connectivity index (χ4v) is 3.27. The average Bonchev–Trinajstić information content (AvgIpc) is 2.12. The molecule has 0 bridgehead atoms. The van der Waals surface area contributed by atoms with Crippen molar-refractivity contribution in [3.8, 4) is 0 Å². The van der Waals surface area contributed by atoms with Gasteiger partial charge in [0, 0.05) is 19.1 Å². The van der Waals surface area contributed by atoms with Gasteiger partial charge in [0.25, 0.3) is 0 Å². The summed E-state index contributed by atoms with van der Waals surface area (Å²) in [6.45, 7) is 11.2. The lowest BCUT2D eigenvalue weighted by molar-refractivity contribution is -0.0489. The van der Waals surface area contributed by atoms with Gasteiger partial charge in [-0.3, -0.25) is 4.90 Å². The maximum atomic E-state index is 9.40. The predicted octanol–water partition coefficient (Wildman–Crippen LogP) is 3.05. The highest BCUT2D eigenvalue weighted by Crippen LogP contribution is 2.40. The normalized spacial score (nSPS) is 23.8. The van der Waals surface area contributed by atoms with Crippen molar-refractivity contribution in [1.82, 2.24) is 4.90 Å².